The number of ketones is 1. The van der Waals surface area contributed by atoms with Gasteiger partial charge in [-0.15, -0.1) is 0 Å². The van der Waals surface area contributed by atoms with Crippen molar-refractivity contribution < 1.29 is 28.6 Å². The summed E-state index contributed by atoms with van der Waals surface area (Å²) in [5.74, 6) is -2.05. The fourth-order valence-electron chi connectivity index (χ4n) is 5.58. The first-order chi connectivity index (χ1) is 17.2. The van der Waals surface area contributed by atoms with Gasteiger partial charge in [0.15, 0.2) is 6.29 Å². The molecule has 0 aromatic heterocycles. The molecule has 1 saturated heterocycles. The van der Waals surface area contributed by atoms with Crippen molar-refractivity contribution in [2.24, 2.45) is 17.3 Å². The molecule has 1 aliphatic heterocycles. The first kappa shape index (κ1) is 26.7. The smallest absolute Gasteiger partial charge is 0.304 e. The summed E-state index contributed by atoms with van der Waals surface area (Å²) in [5, 5.41) is 12.0. The van der Waals surface area contributed by atoms with Gasteiger partial charge in [-0.25, -0.2) is 0 Å². The van der Waals surface area contributed by atoms with Gasteiger partial charge in [0, 0.05) is 24.9 Å². The number of ether oxygens (including phenoxy) is 2. The van der Waals surface area contributed by atoms with E-state index in [4.69, 9.17) is 13.9 Å². The van der Waals surface area contributed by atoms with Crippen molar-refractivity contribution in [2.75, 3.05) is 6.61 Å². The molecule has 7 heteroatoms. The van der Waals surface area contributed by atoms with Crippen LogP contribution in [0.4, 0.5) is 0 Å². The molecule has 1 saturated carbocycles. The second-order valence-electron chi connectivity index (χ2n) is 11.0. The van der Waals surface area contributed by atoms with Crippen molar-refractivity contribution in [3.63, 3.8) is 0 Å². The predicted molar refractivity (Wildman–Crippen MR) is 141 cm³/mol. The average molecular weight is 511 g/mol. The quantitative estimate of drug-likeness (QED) is 0.520. The predicted octanol–water partition coefficient (Wildman–Crippen LogP) is 3.55. The van der Waals surface area contributed by atoms with E-state index in [1.54, 1.807) is 0 Å². The van der Waals surface area contributed by atoms with Crippen LogP contribution in [0, 0.1) is 17.3 Å². The summed E-state index contributed by atoms with van der Waals surface area (Å²) in [6, 6.07) is 20.5. The molecule has 194 valence electrons. The number of carboxylic acids is 1. The Hall–Kier alpha value is -2.32. The summed E-state index contributed by atoms with van der Waals surface area (Å²) in [5.41, 5.74) is -0.351. The molecule has 0 spiro atoms. The number of aliphatic carboxylic acids is 1. The first-order valence-electron chi connectivity index (χ1n) is 13.0. The molecule has 2 unspecified atom stereocenters. The van der Waals surface area contributed by atoms with Gasteiger partial charge in [-0.3, -0.25) is 9.59 Å². The van der Waals surface area contributed by atoms with Gasteiger partial charge in [0.05, 0.1) is 18.6 Å². The van der Waals surface area contributed by atoms with Crippen LogP contribution in [0.25, 0.3) is 0 Å². The van der Waals surface area contributed by atoms with Gasteiger partial charge in [0.25, 0.3) is 0 Å². The lowest BCUT2D eigenvalue weighted by atomic mass is 9.75. The molecule has 1 heterocycles. The van der Waals surface area contributed by atoms with Crippen LogP contribution in [-0.4, -0.2) is 51.0 Å². The minimum Gasteiger partial charge on any atom is -0.481 e. The van der Waals surface area contributed by atoms with E-state index in [9.17, 15) is 14.7 Å². The molecule has 2 aliphatic rings. The standard InChI is InChI=1S/C29H38O6Si/c1-29(2,3)28(35-36(20-12-6-4-7-13-20)21-14-8-5-9-15-21)27-22(18-25(31)32)23(30)19-24(27)34-26-16-10-11-17-33-26/h4-9,12-15,22,24,26-28,36H,10-11,16-19H2,1-3H3,(H,31,32)/t22-,24+,26?,27-,28?/m0/s1. The molecule has 1 N–H and O–H groups in total. The summed E-state index contributed by atoms with van der Waals surface area (Å²) in [4.78, 5) is 25.0. The number of carbonyl (C=O) groups is 2. The maximum absolute atomic E-state index is 13.2. The molecule has 2 fully saturated rings. The summed E-state index contributed by atoms with van der Waals surface area (Å²) in [7, 11) is -2.17. The van der Waals surface area contributed by atoms with Crippen LogP contribution >= 0.6 is 0 Å². The molecule has 1 aliphatic carbocycles. The van der Waals surface area contributed by atoms with Crippen molar-refractivity contribution in [1.29, 1.82) is 0 Å². The second kappa shape index (κ2) is 11.8. The summed E-state index contributed by atoms with van der Waals surface area (Å²) < 4.78 is 19.4. The first-order valence-corrected chi connectivity index (χ1v) is 14.6. The van der Waals surface area contributed by atoms with Crippen molar-refractivity contribution >= 4 is 31.2 Å². The van der Waals surface area contributed by atoms with Crippen LogP contribution in [0.5, 0.6) is 0 Å². The number of rotatable bonds is 9. The molecule has 36 heavy (non-hydrogen) atoms. The molecule has 4 rings (SSSR count). The van der Waals surface area contributed by atoms with Crippen molar-refractivity contribution in [2.45, 2.75) is 71.4 Å². The van der Waals surface area contributed by atoms with E-state index >= 15 is 0 Å². The van der Waals surface area contributed by atoms with Crippen molar-refractivity contribution in [3.05, 3.63) is 60.7 Å². The zero-order chi connectivity index (χ0) is 25.7. The summed E-state index contributed by atoms with van der Waals surface area (Å²) >= 11 is 0. The number of hydrogen-bond donors (Lipinski definition) is 1. The van der Waals surface area contributed by atoms with E-state index in [1.807, 2.05) is 36.4 Å². The molecular formula is C29H38O6Si. The van der Waals surface area contributed by atoms with Crippen molar-refractivity contribution in [3.8, 4) is 0 Å². The normalized spacial score (nSPS) is 25.7. The van der Waals surface area contributed by atoms with Crippen LogP contribution < -0.4 is 10.4 Å². The van der Waals surface area contributed by atoms with Crippen molar-refractivity contribution in [1.82, 2.24) is 0 Å². The van der Waals surface area contributed by atoms with Gasteiger partial charge >= 0.3 is 5.97 Å². The van der Waals surface area contributed by atoms with E-state index in [1.165, 1.54) is 0 Å². The molecule has 0 amide bonds. The highest BCUT2D eigenvalue weighted by atomic mass is 28.3. The Labute approximate surface area is 215 Å². The molecule has 2 aromatic carbocycles. The Balaban J connectivity index is 1.72. The Morgan fingerprint density at radius 3 is 2.17 bits per heavy atom. The van der Waals surface area contributed by atoms with E-state index in [2.05, 4.69) is 45.0 Å². The third kappa shape index (κ3) is 6.51. The van der Waals surface area contributed by atoms with Gasteiger partial charge < -0.3 is 19.0 Å². The Morgan fingerprint density at radius 1 is 1.06 bits per heavy atom. The number of benzene rings is 2. The lowest BCUT2D eigenvalue weighted by molar-refractivity contribution is -0.205. The van der Waals surface area contributed by atoms with Crippen LogP contribution in [0.15, 0.2) is 60.7 Å². The monoisotopic (exact) mass is 510 g/mol. The fraction of sp³-hybridized carbons (Fsp3) is 0.517. The highest BCUT2D eigenvalue weighted by molar-refractivity contribution is 6.80. The van der Waals surface area contributed by atoms with Crippen LogP contribution in [0.2, 0.25) is 0 Å². The Morgan fingerprint density at radius 2 is 1.67 bits per heavy atom. The fourth-order valence-corrected chi connectivity index (χ4v) is 8.31. The van der Waals surface area contributed by atoms with Gasteiger partial charge in [0.1, 0.15) is 5.78 Å². The second-order valence-corrected chi connectivity index (χ2v) is 13.4. The Bertz CT molecular complexity index is 960. The highest BCUT2D eigenvalue weighted by Crippen LogP contribution is 2.44. The summed E-state index contributed by atoms with van der Waals surface area (Å²) in [6.07, 6.45) is 1.62. The van der Waals surface area contributed by atoms with Gasteiger partial charge in [-0.2, -0.15) is 0 Å². The minimum absolute atomic E-state index is 0.0568. The van der Waals surface area contributed by atoms with Gasteiger partial charge in [-0.05, 0) is 35.1 Å². The highest BCUT2D eigenvalue weighted by Gasteiger charge is 2.52. The molecule has 0 radical (unpaired) electrons. The topological polar surface area (TPSA) is 82.1 Å². The molecule has 0 bridgehead atoms. The maximum Gasteiger partial charge on any atom is 0.304 e. The largest absolute Gasteiger partial charge is 0.481 e. The van der Waals surface area contributed by atoms with Crippen LogP contribution in [-0.2, 0) is 23.5 Å². The average Bonchev–Trinajstić information content (AvgIpc) is 3.14. The van der Waals surface area contributed by atoms with E-state index in [0.29, 0.717) is 6.61 Å². The number of carbonyl (C=O) groups excluding carboxylic acids is 1. The zero-order valence-corrected chi connectivity index (χ0v) is 22.6. The van der Waals surface area contributed by atoms with Gasteiger partial charge in [-0.1, -0.05) is 81.4 Å². The van der Waals surface area contributed by atoms with E-state index in [0.717, 1.165) is 29.6 Å². The van der Waals surface area contributed by atoms with E-state index in [-0.39, 0.29) is 42.4 Å². The SMILES string of the molecule is CC(C)(C)C(O[SiH](c1ccccc1)c1ccccc1)[C@@H]1[C@H](OC2CCCCO2)CC(=O)[C@@H]1CC(=O)O. The lowest BCUT2D eigenvalue weighted by Gasteiger charge is -2.42. The summed E-state index contributed by atoms with van der Waals surface area (Å²) in [6.45, 7) is 6.96. The molecule has 5 atom stereocenters. The third-order valence-corrected chi connectivity index (χ3v) is 9.81. The van der Waals surface area contributed by atoms with E-state index < -0.39 is 27.0 Å². The van der Waals surface area contributed by atoms with Crippen LogP contribution in [0.3, 0.4) is 0 Å². The Kier molecular flexibility index (Phi) is 8.77. The van der Waals surface area contributed by atoms with Gasteiger partial charge in [0.2, 0.25) is 9.04 Å². The zero-order valence-electron chi connectivity index (χ0n) is 21.5. The lowest BCUT2D eigenvalue weighted by Crippen LogP contribution is -2.54. The van der Waals surface area contributed by atoms with Crippen LogP contribution in [0.1, 0.15) is 52.9 Å². The minimum atomic E-state index is -2.17. The number of hydrogen-bond acceptors (Lipinski definition) is 5. The third-order valence-electron chi connectivity index (χ3n) is 7.26. The molecule has 6 nitrogen and oxygen atoms in total. The molecular weight excluding hydrogens is 472 g/mol. The maximum atomic E-state index is 13.2. The molecule has 2 aromatic rings. The number of Topliss-reactive ketones (excluding diaryl/α,β-unsaturated/α-hetero) is 1. The number of carboxylic acid groups (broad SMARTS) is 1.